The maximum atomic E-state index is 11.8. The van der Waals surface area contributed by atoms with Crippen molar-refractivity contribution in [2.75, 3.05) is 5.32 Å². The van der Waals surface area contributed by atoms with Gasteiger partial charge in [-0.25, -0.2) is 0 Å². The Balaban J connectivity index is 2.12. The predicted octanol–water partition coefficient (Wildman–Crippen LogP) is 2.86. The van der Waals surface area contributed by atoms with Crippen LogP contribution < -0.4 is 5.32 Å². The number of halogens is 1. The summed E-state index contributed by atoms with van der Waals surface area (Å²) in [5.41, 5.74) is 3.29. The van der Waals surface area contributed by atoms with Gasteiger partial charge in [0.1, 0.15) is 0 Å². The minimum absolute atomic E-state index is 0.00514. The number of carbonyl (C=O) groups is 1. The number of carbonyl (C=O) groups excluding carboxylic acids is 1. The van der Waals surface area contributed by atoms with Crippen molar-refractivity contribution in [1.29, 1.82) is 0 Å². The summed E-state index contributed by atoms with van der Waals surface area (Å²) in [6.07, 6.45) is 2.41. The van der Waals surface area contributed by atoms with Crippen LogP contribution in [0.1, 0.15) is 29.0 Å². The Kier molecular flexibility index (Phi) is 2.82. The molecule has 3 rings (SSSR count). The van der Waals surface area contributed by atoms with E-state index >= 15 is 0 Å². The highest BCUT2D eigenvalue weighted by Crippen LogP contribution is 2.37. The van der Waals surface area contributed by atoms with Crippen molar-refractivity contribution in [2.45, 2.75) is 19.3 Å². The summed E-state index contributed by atoms with van der Waals surface area (Å²) in [7, 11) is 1.86. The van der Waals surface area contributed by atoms with Gasteiger partial charge in [0.05, 0.1) is 0 Å². The number of anilines is 1. The maximum Gasteiger partial charge on any atom is 0.226 e. The first-order chi connectivity index (χ1) is 9.04. The van der Waals surface area contributed by atoms with E-state index in [0.29, 0.717) is 17.3 Å². The fourth-order valence-corrected chi connectivity index (χ4v) is 2.87. The van der Waals surface area contributed by atoms with Crippen molar-refractivity contribution in [3.63, 3.8) is 0 Å². The van der Waals surface area contributed by atoms with Crippen LogP contribution in [-0.4, -0.2) is 15.7 Å². The Hall–Kier alpha value is -1.81. The van der Waals surface area contributed by atoms with E-state index in [9.17, 15) is 4.79 Å². The topological polar surface area (TPSA) is 46.9 Å². The molecule has 0 bridgehead atoms. The molecular formula is C14H14ClN3O. The van der Waals surface area contributed by atoms with Crippen LogP contribution >= 0.6 is 11.6 Å². The minimum Gasteiger partial charge on any atom is -0.309 e. The van der Waals surface area contributed by atoms with Gasteiger partial charge in [0.15, 0.2) is 5.82 Å². The highest BCUT2D eigenvalue weighted by molar-refractivity contribution is 6.30. The SMILES string of the molecule is Cc1cc(Cl)ccc1C1CC(=O)Nc2nn(C)cc21. The van der Waals surface area contributed by atoms with Gasteiger partial charge < -0.3 is 5.32 Å². The van der Waals surface area contributed by atoms with Gasteiger partial charge in [0.2, 0.25) is 5.91 Å². The molecule has 1 unspecified atom stereocenters. The molecule has 0 fully saturated rings. The normalized spacial score (nSPS) is 18.1. The minimum atomic E-state index is 0.00514. The van der Waals surface area contributed by atoms with Crippen LogP contribution in [0.25, 0.3) is 0 Å². The first kappa shape index (κ1) is 12.2. The second-order valence-corrected chi connectivity index (χ2v) is 5.35. The van der Waals surface area contributed by atoms with Gasteiger partial charge in [-0.05, 0) is 30.2 Å². The van der Waals surface area contributed by atoms with Crippen molar-refractivity contribution in [3.05, 3.63) is 46.1 Å². The molecule has 98 valence electrons. The molecule has 5 heteroatoms. The number of aryl methyl sites for hydroxylation is 2. The van der Waals surface area contributed by atoms with E-state index in [1.165, 1.54) is 0 Å². The number of rotatable bonds is 1. The van der Waals surface area contributed by atoms with E-state index in [0.717, 1.165) is 16.7 Å². The smallest absolute Gasteiger partial charge is 0.226 e. The van der Waals surface area contributed by atoms with Crippen molar-refractivity contribution in [1.82, 2.24) is 9.78 Å². The lowest BCUT2D eigenvalue weighted by molar-refractivity contribution is -0.116. The Bertz CT molecular complexity index is 663. The average molecular weight is 276 g/mol. The number of hydrogen-bond acceptors (Lipinski definition) is 2. The number of nitrogens with one attached hydrogen (secondary N) is 1. The molecule has 4 nitrogen and oxygen atoms in total. The first-order valence-electron chi connectivity index (χ1n) is 6.14. The standard InChI is InChI=1S/C14H14ClN3O/c1-8-5-9(15)3-4-10(8)11-6-13(19)16-14-12(11)7-18(2)17-14/h3-5,7,11H,6H2,1-2H3,(H,16,17,19). The third kappa shape index (κ3) is 2.12. The van der Waals surface area contributed by atoms with Gasteiger partial charge in [-0.2, -0.15) is 5.10 Å². The molecule has 1 aliphatic heterocycles. The molecule has 0 spiro atoms. The number of benzene rings is 1. The van der Waals surface area contributed by atoms with Crippen molar-refractivity contribution in [3.8, 4) is 0 Å². The van der Waals surface area contributed by atoms with Crippen LogP contribution in [0.5, 0.6) is 0 Å². The number of aromatic nitrogens is 2. The molecule has 19 heavy (non-hydrogen) atoms. The van der Waals surface area contributed by atoms with Crippen LogP contribution in [0.15, 0.2) is 24.4 Å². The zero-order chi connectivity index (χ0) is 13.6. The summed E-state index contributed by atoms with van der Waals surface area (Å²) in [6, 6.07) is 5.80. The lowest BCUT2D eigenvalue weighted by Gasteiger charge is -2.23. The van der Waals surface area contributed by atoms with Gasteiger partial charge in [0, 0.05) is 36.2 Å². The van der Waals surface area contributed by atoms with Crippen LogP contribution in [0.4, 0.5) is 5.82 Å². The molecule has 1 N–H and O–H groups in total. The monoisotopic (exact) mass is 275 g/mol. The highest BCUT2D eigenvalue weighted by atomic mass is 35.5. The molecule has 2 heterocycles. The third-order valence-electron chi connectivity index (χ3n) is 3.49. The predicted molar refractivity (Wildman–Crippen MR) is 74.5 cm³/mol. The van der Waals surface area contributed by atoms with Gasteiger partial charge in [-0.1, -0.05) is 17.7 Å². The van der Waals surface area contributed by atoms with E-state index in [1.807, 2.05) is 38.4 Å². The van der Waals surface area contributed by atoms with Crippen molar-refractivity contribution in [2.24, 2.45) is 7.05 Å². The molecule has 0 aliphatic carbocycles. The molecule has 0 radical (unpaired) electrons. The average Bonchev–Trinajstić information content (AvgIpc) is 2.68. The zero-order valence-corrected chi connectivity index (χ0v) is 11.5. The van der Waals surface area contributed by atoms with E-state index < -0.39 is 0 Å². The second-order valence-electron chi connectivity index (χ2n) is 4.91. The summed E-state index contributed by atoms with van der Waals surface area (Å²) in [5, 5.41) is 7.81. The zero-order valence-electron chi connectivity index (χ0n) is 10.8. The summed E-state index contributed by atoms with van der Waals surface area (Å²) >= 11 is 5.99. The lowest BCUT2D eigenvalue weighted by Crippen LogP contribution is -2.23. The number of nitrogens with zero attached hydrogens (tertiary/aromatic N) is 2. The van der Waals surface area contributed by atoms with Crippen LogP contribution in [0.3, 0.4) is 0 Å². The van der Waals surface area contributed by atoms with Crippen LogP contribution in [0, 0.1) is 6.92 Å². The van der Waals surface area contributed by atoms with Gasteiger partial charge in [-0.3, -0.25) is 9.48 Å². The van der Waals surface area contributed by atoms with Crippen molar-refractivity contribution >= 4 is 23.3 Å². The van der Waals surface area contributed by atoms with Gasteiger partial charge >= 0.3 is 0 Å². The molecule has 1 aliphatic rings. The van der Waals surface area contributed by atoms with E-state index in [4.69, 9.17) is 11.6 Å². The molecule has 1 amide bonds. The molecule has 1 aromatic carbocycles. The largest absolute Gasteiger partial charge is 0.309 e. The Morgan fingerprint density at radius 1 is 1.42 bits per heavy atom. The Labute approximate surface area is 116 Å². The third-order valence-corrected chi connectivity index (χ3v) is 3.72. The lowest BCUT2D eigenvalue weighted by atomic mass is 9.85. The molecule has 0 saturated carbocycles. The summed E-state index contributed by atoms with van der Waals surface area (Å²) in [4.78, 5) is 11.8. The molecule has 1 aromatic heterocycles. The molecule has 0 saturated heterocycles. The number of hydrogen-bond donors (Lipinski definition) is 1. The molecular weight excluding hydrogens is 262 g/mol. The fraction of sp³-hybridized carbons (Fsp3) is 0.286. The molecule has 1 atom stereocenters. The first-order valence-corrected chi connectivity index (χ1v) is 6.52. The second kappa shape index (κ2) is 4.38. The van der Waals surface area contributed by atoms with Crippen LogP contribution in [0.2, 0.25) is 5.02 Å². The number of fused-ring (bicyclic) bond motifs is 1. The quantitative estimate of drug-likeness (QED) is 0.870. The van der Waals surface area contributed by atoms with E-state index in [1.54, 1.807) is 4.68 Å². The fourth-order valence-electron chi connectivity index (χ4n) is 2.64. The molecule has 2 aromatic rings. The maximum absolute atomic E-state index is 11.8. The van der Waals surface area contributed by atoms with E-state index in [2.05, 4.69) is 10.4 Å². The summed E-state index contributed by atoms with van der Waals surface area (Å²) < 4.78 is 1.73. The van der Waals surface area contributed by atoms with Crippen molar-refractivity contribution < 1.29 is 4.79 Å². The van der Waals surface area contributed by atoms with Crippen LogP contribution in [-0.2, 0) is 11.8 Å². The summed E-state index contributed by atoms with van der Waals surface area (Å²) in [5.74, 6) is 0.721. The Morgan fingerprint density at radius 3 is 2.95 bits per heavy atom. The highest BCUT2D eigenvalue weighted by Gasteiger charge is 2.29. The number of amides is 1. The van der Waals surface area contributed by atoms with E-state index in [-0.39, 0.29) is 11.8 Å². The Morgan fingerprint density at radius 2 is 2.21 bits per heavy atom. The van der Waals surface area contributed by atoms with Gasteiger partial charge in [-0.15, -0.1) is 0 Å². The van der Waals surface area contributed by atoms with Gasteiger partial charge in [0.25, 0.3) is 0 Å². The summed E-state index contributed by atoms with van der Waals surface area (Å²) in [6.45, 7) is 2.02.